The fraction of sp³-hybridized carbons (Fsp3) is 0.231. The van der Waals surface area contributed by atoms with Crippen LogP contribution in [0.4, 0.5) is 11.6 Å². The van der Waals surface area contributed by atoms with Crippen molar-refractivity contribution in [1.29, 1.82) is 0 Å². The molecule has 0 aliphatic heterocycles. The molecule has 1 heterocycles. The summed E-state index contributed by atoms with van der Waals surface area (Å²) in [4.78, 5) is 10.2. The summed E-state index contributed by atoms with van der Waals surface area (Å²) < 4.78 is 10.9. The summed E-state index contributed by atoms with van der Waals surface area (Å²) >= 11 is 0. The molecule has 2 rings (SSSR count). The maximum atomic E-state index is 5.69. The first kappa shape index (κ1) is 12.9. The molecule has 1 aromatic carbocycles. The molecule has 0 radical (unpaired) electrons. The van der Waals surface area contributed by atoms with Gasteiger partial charge < -0.3 is 20.1 Å². The van der Waals surface area contributed by atoms with E-state index in [9.17, 15) is 0 Å². The van der Waals surface area contributed by atoms with Crippen LogP contribution in [0.15, 0.2) is 30.5 Å². The Kier molecular flexibility index (Phi) is 3.70. The molecule has 0 atom stereocenters. The highest BCUT2D eigenvalue weighted by atomic mass is 16.5. The minimum absolute atomic E-state index is 0.446. The number of nitrogens with zero attached hydrogens (tertiary/aromatic N) is 3. The average molecular weight is 260 g/mol. The first-order chi connectivity index (χ1) is 9.10. The van der Waals surface area contributed by atoms with Gasteiger partial charge in [0.1, 0.15) is 0 Å². The van der Waals surface area contributed by atoms with Gasteiger partial charge in [-0.15, -0.1) is 0 Å². The SMILES string of the molecule is COc1cc(N)ccc1Oc1ccnc(N(C)C)n1. The number of benzene rings is 1. The average Bonchev–Trinajstić information content (AvgIpc) is 2.41. The molecule has 0 saturated heterocycles. The molecule has 0 fully saturated rings. The number of nitrogen functional groups attached to an aromatic ring is 1. The maximum Gasteiger partial charge on any atom is 0.228 e. The Bertz CT molecular complexity index is 572. The molecule has 6 heteroatoms. The van der Waals surface area contributed by atoms with Gasteiger partial charge in [-0.2, -0.15) is 4.98 Å². The predicted molar refractivity (Wildman–Crippen MR) is 73.8 cm³/mol. The van der Waals surface area contributed by atoms with Gasteiger partial charge in [0, 0.05) is 38.1 Å². The Morgan fingerprint density at radius 3 is 2.63 bits per heavy atom. The molecule has 6 nitrogen and oxygen atoms in total. The number of aromatic nitrogens is 2. The lowest BCUT2D eigenvalue weighted by atomic mass is 10.3. The van der Waals surface area contributed by atoms with Crippen LogP contribution in [-0.4, -0.2) is 31.2 Å². The fourth-order valence-corrected chi connectivity index (χ4v) is 1.49. The maximum absolute atomic E-state index is 5.69. The van der Waals surface area contributed by atoms with Crippen molar-refractivity contribution in [2.75, 3.05) is 31.8 Å². The molecule has 0 unspecified atom stereocenters. The van der Waals surface area contributed by atoms with Crippen molar-refractivity contribution in [3.63, 3.8) is 0 Å². The van der Waals surface area contributed by atoms with E-state index in [0.717, 1.165) is 0 Å². The van der Waals surface area contributed by atoms with Gasteiger partial charge in [-0.25, -0.2) is 4.98 Å². The molecule has 0 spiro atoms. The number of ether oxygens (including phenoxy) is 2. The monoisotopic (exact) mass is 260 g/mol. The fourth-order valence-electron chi connectivity index (χ4n) is 1.49. The lowest BCUT2D eigenvalue weighted by molar-refractivity contribution is 0.374. The summed E-state index contributed by atoms with van der Waals surface area (Å²) in [6.45, 7) is 0. The van der Waals surface area contributed by atoms with Crippen molar-refractivity contribution in [1.82, 2.24) is 9.97 Å². The van der Waals surface area contributed by atoms with Crippen LogP contribution in [0.3, 0.4) is 0 Å². The van der Waals surface area contributed by atoms with Crippen LogP contribution in [0.25, 0.3) is 0 Å². The van der Waals surface area contributed by atoms with Crippen molar-refractivity contribution in [2.45, 2.75) is 0 Å². The predicted octanol–water partition coefficient (Wildman–Crippen LogP) is 1.93. The second kappa shape index (κ2) is 5.43. The van der Waals surface area contributed by atoms with E-state index in [4.69, 9.17) is 15.2 Å². The molecule has 2 aromatic rings. The molecule has 2 N–H and O–H groups in total. The molecule has 0 aliphatic rings. The molecular formula is C13H16N4O2. The zero-order valence-corrected chi connectivity index (χ0v) is 11.1. The number of anilines is 2. The van der Waals surface area contributed by atoms with Gasteiger partial charge in [0.25, 0.3) is 0 Å². The standard InChI is InChI=1S/C13H16N4O2/c1-17(2)13-15-7-6-12(16-13)19-10-5-4-9(14)8-11(10)18-3/h4-8H,14H2,1-3H3. The smallest absolute Gasteiger partial charge is 0.228 e. The zero-order valence-electron chi connectivity index (χ0n) is 11.1. The second-order valence-electron chi connectivity index (χ2n) is 4.10. The highest BCUT2D eigenvalue weighted by Crippen LogP contribution is 2.32. The van der Waals surface area contributed by atoms with Crippen molar-refractivity contribution in [3.05, 3.63) is 30.5 Å². The van der Waals surface area contributed by atoms with Crippen LogP contribution >= 0.6 is 0 Å². The third-order valence-corrected chi connectivity index (χ3v) is 2.42. The van der Waals surface area contributed by atoms with Crippen molar-refractivity contribution in [2.24, 2.45) is 0 Å². The van der Waals surface area contributed by atoms with Crippen LogP contribution in [0.2, 0.25) is 0 Å². The third-order valence-electron chi connectivity index (χ3n) is 2.42. The number of hydrogen-bond donors (Lipinski definition) is 1. The van der Waals surface area contributed by atoms with Gasteiger partial charge in [-0.05, 0) is 12.1 Å². The summed E-state index contributed by atoms with van der Waals surface area (Å²) in [5, 5.41) is 0. The summed E-state index contributed by atoms with van der Waals surface area (Å²) in [6.07, 6.45) is 1.64. The van der Waals surface area contributed by atoms with Gasteiger partial charge in [0.15, 0.2) is 11.5 Å². The van der Waals surface area contributed by atoms with E-state index in [1.54, 1.807) is 42.5 Å². The molecule has 100 valence electrons. The van der Waals surface area contributed by atoms with E-state index in [1.165, 1.54) is 0 Å². The first-order valence-electron chi connectivity index (χ1n) is 5.72. The van der Waals surface area contributed by atoms with E-state index in [2.05, 4.69) is 9.97 Å². The number of nitrogens with two attached hydrogens (primary N) is 1. The van der Waals surface area contributed by atoms with Gasteiger partial charge in [-0.3, -0.25) is 0 Å². The highest BCUT2D eigenvalue weighted by molar-refractivity contribution is 5.52. The van der Waals surface area contributed by atoms with Crippen LogP contribution < -0.4 is 20.1 Å². The molecule has 1 aromatic heterocycles. The topological polar surface area (TPSA) is 73.5 Å². The highest BCUT2D eigenvalue weighted by Gasteiger charge is 2.08. The molecule has 0 saturated carbocycles. The molecular weight excluding hydrogens is 244 g/mol. The minimum atomic E-state index is 0.446. The van der Waals surface area contributed by atoms with Crippen molar-refractivity contribution >= 4 is 11.6 Å². The lowest BCUT2D eigenvalue weighted by Gasteiger charge is -2.13. The van der Waals surface area contributed by atoms with Crippen LogP contribution in [-0.2, 0) is 0 Å². The summed E-state index contributed by atoms with van der Waals surface area (Å²) in [6, 6.07) is 6.86. The Morgan fingerprint density at radius 2 is 1.95 bits per heavy atom. The summed E-state index contributed by atoms with van der Waals surface area (Å²) in [5.41, 5.74) is 6.30. The number of rotatable bonds is 4. The Morgan fingerprint density at radius 1 is 1.16 bits per heavy atom. The molecule has 0 aliphatic carbocycles. The van der Waals surface area contributed by atoms with Gasteiger partial charge in [-0.1, -0.05) is 0 Å². The lowest BCUT2D eigenvalue weighted by Crippen LogP contribution is -2.12. The van der Waals surface area contributed by atoms with E-state index in [0.29, 0.717) is 29.0 Å². The second-order valence-corrected chi connectivity index (χ2v) is 4.10. The van der Waals surface area contributed by atoms with Crippen LogP contribution in [0, 0.1) is 0 Å². The van der Waals surface area contributed by atoms with E-state index >= 15 is 0 Å². The molecule has 0 amide bonds. The normalized spacial score (nSPS) is 10.1. The third kappa shape index (κ3) is 3.04. The Hall–Kier alpha value is -2.50. The van der Waals surface area contributed by atoms with Gasteiger partial charge in [0.05, 0.1) is 7.11 Å². The number of hydrogen-bond acceptors (Lipinski definition) is 6. The Balaban J connectivity index is 2.28. The van der Waals surface area contributed by atoms with Crippen LogP contribution in [0.5, 0.6) is 17.4 Å². The first-order valence-corrected chi connectivity index (χ1v) is 5.72. The van der Waals surface area contributed by atoms with E-state index in [-0.39, 0.29) is 0 Å². The quantitative estimate of drug-likeness (QED) is 0.847. The van der Waals surface area contributed by atoms with Crippen molar-refractivity contribution < 1.29 is 9.47 Å². The zero-order chi connectivity index (χ0) is 13.8. The molecule has 19 heavy (non-hydrogen) atoms. The van der Waals surface area contributed by atoms with E-state index < -0.39 is 0 Å². The number of methoxy groups -OCH3 is 1. The summed E-state index contributed by atoms with van der Waals surface area (Å²) in [7, 11) is 5.29. The minimum Gasteiger partial charge on any atom is -0.493 e. The van der Waals surface area contributed by atoms with Gasteiger partial charge >= 0.3 is 0 Å². The largest absolute Gasteiger partial charge is 0.493 e. The van der Waals surface area contributed by atoms with Crippen LogP contribution in [0.1, 0.15) is 0 Å². The van der Waals surface area contributed by atoms with Crippen molar-refractivity contribution in [3.8, 4) is 17.4 Å². The molecule has 0 bridgehead atoms. The van der Waals surface area contributed by atoms with Gasteiger partial charge in [0.2, 0.25) is 11.8 Å². The Labute approximate surface area is 111 Å². The summed E-state index contributed by atoms with van der Waals surface area (Å²) in [5.74, 6) is 2.14. The van der Waals surface area contributed by atoms with E-state index in [1.807, 2.05) is 14.1 Å².